The molecule has 4 N–H and O–H groups in total. The zero-order valence-electron chi connectivity index (χ0n) is 10.6. The Kier molecular flexibility index (Phi) is 4.12. The van der Waals surface area contributed by atoms with E-state index in [2.05, 4.69) is 41.2 Å². The third-order valence-corrected chi connectivity index (χ3v) is 2.95. The summed E-state index contributed by atoms with van der Waals surface area (Å²) >= 11 is 0. The first-order valence-corrected chi connectivity index (χ1v) is 6.25. The number of H-pyrrole nitrogens is 1. The summed E-state index contributed by atoms with van der Waals surface area (Å²) in [6.07, 6.45) is 4.00. The van der Waals surface area contributed by atoms with Gasteiger partial charge in [-0.05, 0) is 17.5 Å². The smallest absolute Gasteiger partial charge is 0.125 e. The van der Waals surface area contributed by atoms with Gasteiger partial charge in [0.1, 0.15) is 5.82 Å². The lowest BCUT2D eigenvalue weighted by molar-refractivity contribution is 0.264. The number of benzene rings is 1. The van der Waals surface area contributed by atoms with Gasteiger partial charge in [-0.2, -0.15) is 0 Å². The number of aliphatic hydroxyl groups is 1. The van der Waals surface area contributed by atoms with Crippen molar-refractivity contribution in [1.82, 2.24) is 9.97 Å². The molecule has 0 bridgehead atoms. The van der Waals surface area contributed by atoms with Crippen LogP contribution >= 0.6 is 0 Å². The number of rotatable bonds is 5. The molecule has 1 atom stereocenters. The second-order valence-electron chi connectivity index (χ2n) is 4.42. The molecule has 0 saturated heterocycles. The van der Waals surface area contributed by atoms with E-state index in [1.807, 2.05) is 0 Å². The monoisotopic (exact) mass is 245 g/mol. The average Bonchev–Trinajstić information content (AvgIpc) is 2.89. The van der Waals surface area contributed by atoms with Crippen molar-refractivity contribution in [2.24, 2.45) is 5.73 Å². The highest BCUT2D eigenvalue weighted by Crippen LogP contribution is 2.19. The highest BCUT2D eigenvalue weighted by molar-refractivity contribution is 5.58. The Morgan fingerprint density at radius 2 is 2.06 bits per heavy atom. The molecule has 1 aromatic heterocycles. The third kappa shape index (κ3) is 2.78. The second kappa shape index (κ2) is 5.80. The molecule has 4 heteroatoms. The molecule has 2 rings (SSSR count). The molecule has 1 aromatic carbocycles. The largest absolute Gasteiger partial charge is 0.394 e. The summed E-state index contributed by atoms with van der Waals surface area (Å²) in [6, 6.07) is 7.97. The zero-order valence-corrected chi connectivity index (χ0v) is 10.6. The lowest BCUT2D eigenvalue weighted by atomic mass is 10.1. The predicted octanol–water partition coefficient (Wildman–Crippen LogP) is 2.02. The minimum Gasteiger partial charge on any atom is -0.394 e. The van der Waals surface area contributed by atoms with Gasteiger partial charge in [-0.1, -0.05) is 37.6 Å². The number of aromatic amines is 1. The van der Waals surface area contributed by atoms with Gasteiger partial charge in [-0.25, -0.2) is 4.98 Å². The van der Waals surface area contributed by atoms with Crippen molar-refractivity contribution < 1.29 is 5.11 Å². The molecule has 0 aliphatic carbocycles. The van der Waals surface area contributed by atoms with E-state index in [4.69, 9.17) is 10.8 Å². The van der Waals surface area contributed by atoms with Crippen LogP contribution in [0.4, 0.5) is 0 Å². The fourth-order valence-electron chi connectivity index (χ4n) is 1.90. The van der Waals surface area contributed by atoms with Crippen molar-refractivity contribution >= 4 is 0 Å². The Balaban J connectivity index is 2.18. The number of nitrogens with zero attached hydrogens (tertiary/aromatic N) is 1. The summed E-state index contributed by atoms with van der Waals surface area (Å²) in [6.45, 7) is 2.06. The molecular formula is C14H19N3O. The fraction of sp³-hybridized carbons (Fsp3) is 0.357. The summed E-state index contributed by atoms with van der Waals surface area (Å²) in [5, 5.41) is 8.98. The molecule has 0 saturated carbocycles. The fourth-order valence-corrected chi connectivity index (χ4v) is 1.90. The Labute approximate surface area is 107 Å². The molecule has 0 spiro atoms. The summed E-state index contributed by atoms with van der Waals surface area (Å²) < 4.78 is 0. The Morgan fingerprint density at radius 3 is 2.67 bits per heavy atom. The molecule has 0 aliphatic rings. The Hall–Kier alpha value is -1.65. The van der Waals surface area contributed by atoms with E-state index in [9.17, 15) is 0 Å². The van der Waals surface area contributed by atoms with Crippen molar-refractivity contribution in [1.29, 1.82) is 0 Å². The highest BCUT2D eigenvalue weighted by atomic mass is 16.3. The van der Waals surface area contributed by atoms with Gasteiger partial charge in [0.15, 0.2) is 0 Å². The van der Waals surface area contributed by atoms with Crippen LogP contribution < -0.4 is 5.73 Å². The van der Waals surface area contributed by atoms with Crippen LogP contribution in [0.5, 0.6) is 0 Å². The van der Waals surface area contributed by atoms with E-state index in [1.165, 1.54) is 5.56 Å². The number of imidazole rings is 1. The lowest BCUT2D eigenvalue weighted by Gasteiger charge is -2.03. The topological polar surface area (TPSA) is 74.9 Å². The van der Waals surface area contributed by atoms with Crippen LogP contribution in [0.1, 0.15) is 30.8 Å². The maximum absolute atomic E-state index is 8.98. The standard InChI is InChI=1S/C14H19N3O/c1-2-3-10-4-6-11(7-5-10)13-8-16-14(17-13)12(15)9-18/h4-8,12,18H,2-3,9,15H2,1H3,(H,16,17). The number of hydrogen-bond acceptors (Lipinski definition) is 3. The third-order valence-electron chi connectivity index (χ3n) is 2.95. The maximum Gasteiger partial charge on any atom is 0.125 e. The Bertz CT molecular complexity index is 490. The van der Waals surface area contributed by atoms with E-state index < -0.39 is 6.04 Å². The van der Waals surface area contributed by atoms with Crippen LogP contribution in [0, 0.1) is 0 Å². The molecule has 1 unspecified atom stereocenters. The first-order valence-electron chi connectivity index (χ1n) is 6.25. The van der Waals surface area contributed by atoms with Gasteiger partial charge >= 0.3 is 0 Å². The molecule has 0 aliphatic heterocycles. The molecule has 4 nitrogen and oxygen atoms in total. The van der Waals surface area contributed by atoms with Crippen LogP contribution in [0.25, 0.3) is 11.3 Å². The first-order chi connectivity index (χ1) is 8.74. The van der Waals surface area contributed by atoms with E-state index >= 15 is 0 Å². The summed E-state index contributed by atoms with van der Waals surface area (Å²) in [4.78, 5) is 7.32. The number of aromatic nitrogens is 2. The van der Waals surface area contributed by atoms with E-state index in [0.29, 0.717) is 5.82 Å². The van der Waals surface area contributed by atoms with E-state index in [1.54, 1.807) is 6.20 Å². The average molecular weight is 245 g/mol. The van der Waals surface area contributed by atoms with Gasteiger partial charge in [-0.15, -0.1) is 0 Å². The molecule has 0 radical (unpaired) electrons. The summed E-state index contributed by atoms with van der Waals surface area (Å²) in [5.41, 5.74) is 9.06. The van der Waals surface area contributed by atoms with Crippen molar-refractivity contribution in [3.8, 4) is 11.3 Å². The normalized spacial score (nSPS) is 12.6. The van der Waals surface area contributed by atoms with Crippen molar-refractivity contribution in [2.75, 3.05) is 6.61 Å². The quantitative estimate of drug-likeness (QED) is 0.754. The number of aliphatic hydroxyl groups excluding tert-OH is 1. The number of hydrogen-bond donors (Lipinski definition) is 3. The molecule has 18 heavy (non-hydrogen) atoms. The lowest BCUT2D eigenvalue weighted by Crippen LogP contribution is -2.15. The summed E-state index contributed by atoms with van der Waals surface area (Å²) in [7, 11) is 0. The van der Waals surface area contributed by atoms with Crippen LogP contribution in [0.2, 0.25) is 0 Å². The van der Waals surface area contributed by atoms with Gasteiger partial charge < -0.3 is 15.8 Å². The van der Waals surface area contributed by atoms with Crippen LogP contribution in [-0.2, 0) is 6.42 Å². The number of nitrogens with one attached hydrogen (secondary N) is 1. The summed E-state index contributed by atoms with van der Waals surface area (Å²) in [5.74, 6) is 0.616. The number of aryl methyl sites for hydroxylation is 1. The number of nitrogens with two attached hydrogens (primary N) is 1. The minimum absolute atomic E-state index is 0.109. The van der Waals surface area contributed by atoms with Crippen molar-refractivity contribution in [2.45, 2.75) is 25.8 Å². The highest BCUT2D eigenvalue weighted by Gasteiger charge is 2.09. The maximum atomic E-state index is 8.98. The molecular weight excluding hydrogens is 226 g/mol. The van der Waals surface area contributed by atoms with Crippen molar-refractivity contribution in [3.63, 3.8) is 0 Å². The minimum atomic E-state index is -0.446. The van der Waals surface area contributed by atoms with Gasteiger partial charge in [-0.3, -0.25) is 0 Å². The molecule has 0 amide bonds. The second-order valence-corrected chi connectivity index (χ2v) is 4.42. The molecule has 0 fully saturated rings. The van der Waals surface area contributed by atoms with Gasteiger partial charge in [0.05, 0.1) is 24.5 Å². The molecule has 2 aromatic rings. The predicted molar refractivity (Wildman–Crippen MR) is 72.0 cm³/mol. The van der Waals surface area contributed by atoms with Gasteiger partial charge in [0.2, 0.25) is 0 Å². The van der Waals surface area contributed by atoms with Gasteiger partial charge in [0, 0.05) is 0 Å². The first kappa shape index (κ1) is 12.8. The Morgan fingerprint density at radius 1 is 1.33 bits per heavy atom. The van der Waals surface area contributed by atoms with Crippen LogP contribution in [0.15, 0.2) is 30.5 Å². The van der Waals surface area contributed by atoms with Crippen LogP contribution in [0.3, 0.4) is 0 Å². The van der Waals surface area contributed by atoms with Gasteiger partial charge in [0.25, 0.3) is 0 Å². The van der Waals surface area contributed by atoms with E-state index in [0.717, 1.165) is 24.1 Å². The molecule has 96 valence electrons. The zero-order chi connectivity index (χ0) is 13.0. The van der Waals surface area contributed by atoms with Crippen LogP contribution in [-0.4, -0.2) is 21.7 Å². The van der Waals surface area contributed by atoms with E-state index in [-0.39, 0.29) is 6.61 Å². The van der Waals surface area contributed by atoms with Crippen molar-refractivity contribution in [3.05, 3.63) is 41.9 Å². The SMILES string of the molecule is CCCc1ccc(-c2cnc(C(N)CO)[nH]2)cc1. The molecule has 1 heterocycles.